The van der Waals surface area contributed by atoms with Crippen LogP contribution in [0.3, 0.4) is 0 Å². The van der Waals surface area contributed by atoms with Crippen molar-refractivity contribution in [2.24, 2.45) is 0 Å². The lowest BCUT2D eigenvalue weighted by Crippen LogP contribution is -2.27. The van der Waals surface area contributed by atoms with Crippen LogP contribution in [0.5, 0.6) is 0 Å². The molecule has 0 saturated carbocycles. The van der Waals surface area contributed by atoms with Gasteiger partial charge < -0.3 is 14.9 Å². The largest absolute Gasteiger partial charge is 0.480 e. The van der Waals surface area contributed by atoms with Crippen molar-refractivity contribution in [2.45, 2.75) is 47.0 Å². The highest BCUT2D eigenvalue weighted by molar-refractivity contribution is 8.01. The van der Waals surface area contributed by atoms with E-state index in [0.717, 1.165) is 4.90 Å². The Kier molecular flexibility index (Phi) is 11.6. The maximum atomic E-state index is 11.9. The molecule has 0 fully saturated rings. The van der Waals surface area contributed by atoms with Gasteiger partial charge in [-0.15, -0.1) is 23.5 Å². The number of hydrogen-bond acceptors (Lipinski definition) is 8. The highest BCUT2D eigenvalue weighted by atomic mass is 35.5. The second kappa shape index (κ2) is 13.9. The maximum absolute atomic E-state index is 11.9. The Balaban J connectivity index is 0.000000223. The molecule has 2 aliphatic heterocycles. The third-order valence-electron chi connectivity index (χ3n) is 4.59. The fourth-order valence-corrected chi connectivity index (χ4v) is 5.68. The van der Waals surface area contributed by atoms with E-state index in [1.54, 1.807) is 50.2 Å². The molecule has 0 spiro atoms. The number of aliphatic hydroxyl groups is 1. The molecular formula is C24H24Cl2O7S2. The number of carboxylic acids is 1. The number of aliphatic hydroxyl groups excluding tert-OH is 1. The second-order valence-corrected chi connectivity index (χ2v) is 10.5. The van der Waals surface area contributed by atoms with Crippen molar-refractivity contribution >= 4 is 70.2 Å². The molecule has 2 atom stereocenters. The second-order valence-electron chi connectivity index (χ2n) is 7.16. The Labute approximate surface area is 221 Å². The van der Waals surface area contributed by atoms with Gasteiger partial charge in [-0.1, -0.05) is 23.2 Å². The maximum Gasteiger partial charge on any atom is 0.319 e. The van der Waals surface area contributed by atoms with E-state index in [4.69, 9.17) is 38.2 Å². The lowest BCUT2D eigenvalue weighted by atomic mass is 10.1. The van der Waals surface area contributed by atoms with Crippen molar-refractivity contribution < 1.29 is 34.1 Å². The van der Waals surface area contributed by atoms with Crippen LogP contribution in [0, 0.1) is 0 Å². The van der Waals surface area contributed by atoms with Crippen LogP contribution >= 0.6 is 46.7 Å². The Bertz CT molecular complexity index is 1110. The summed E-state index contributed by atoms with van der Waals surface area (Å²) in [6.07, 6.45) is 0.212. The molecule has 0 aliphatic carbocycles. The van der Waals surface area contributed by atoms with Gasteiger partial charge in [-0.25, -0.2) is 0 Å². The van der Waals surface area contributed by atoms with Gasteiger partial charge in [-0.3, -0.25) is 19.2 Å². The van der Waals surface area contributed by atoms with Gasteiger partial charge in [0.25, 0.3) is 0 Å². The fraction of sp³-hybridized carbons (Fsp3) is 0.333. The molecule has 0 bridgehead atoms. The van der Waals surface area contributed by atoms with Gasteiger partial charge in [0.1, 0.15) is 10.5 Å². The zero-order valence-electron chi connectivity index (χ0n) is 19.0. The van der Waals surface area contributed by atoms with E-state index in [1.165, 1.54) is 23.5 Å². The number of rotatable bonds is 3. The van der Waals surface area contributed by atoms with Gasteiger partial charge in [0.2, 0.25) is 0 Å². The zero-order chi connectivity index (χ0) is 26.1. The van der Waals surface area contributed by atoms with Gasteiger partial charge in [0.15, 0.2) is 11.6 Å². The van der Waals surface area contributed by atoms with Gasteiger partial charge in [-0.05, 0) is 50.2 Å². The number of carbonyl (C=O) groups is 4. The standard InChI is InChI=1S/C12H11ClO3S.C10H7ClO3S.C2H6O/c1-2-16-12(15)11-6-9(14)8-5-7(13)3-4-10(8)17-11;11-5-1-2-8-6(3-5)7(12)4-9(15-8)10(13)14;1-2-3/h3-5,11H,2,6H2,1H3;1-3,9H,4H2,(H,13,14);3H,2H2,1H3. The molecule has 7 nitrogen and oxygen atoms in total. The molecule has 2 aliphatic rings. The first-order valence-electron chi connectivity index (χ1n) is 10.6. The minimum absolute atomic E-state index is 0.0351. The van der Waals surface area contributed by atoms with Gasteiger partial charge >= 0.3 is 11.9 Å². The molecule has 0 amide bonds. The number of hydrogen-bond donors (Lipinski definition) is 2. The van der Waals surface area contributed by atoms with E-state index in [-0.39, 0.29) is 37.0 Å². The van der Waals surface area contributed by atoms with Crippen LogP contribution in [-0.4, -0.2) is 57.4 Å². The SMILES string of the molecule is CCO.CCOC(=O)C1CC(=O)c2cc(Cl)ccc2S1.O=C1CC(C(=O)O)Sc2ccc(Cl)cc21. The molecular weight excluding hydrogens is 535 g/mol. The number of ether oxygens (including phenoxy) is 1. The van der Waals surface area contributed by atoms with Crippen LogP contribution in [0.15, 0.2) is 46.2 Å². The summed E-state index contributed by atoms with van der Waals surface area (Å²) in [7, 11) is 0. The number of carbonyl (C=O) groups excluding carboxylic acids is 3. The topological polar surface area (TPSA) is 118 Å². The Hall–Kier alpha value is -2.04. The van der Waals surface area contributed by atoms with Crippen molar-refractivity contribution in [3.05, 3.63) is 57.6 Å². The van der Waals surface area contributed by atoms with Crippen LogP contribution in [0.4, 0.5) is 0 Å². The van der Waals surface area contributed by atoms with Crippen LogP contribution in [-0.2, 0) is 14.3 Å². The number of esters is 1. The molecule has 0 saturated heterocycles. The number of carboxylic acid groups (broad SMARTS) is 1. The number of aliphatic carboxylic acids is 1. The third kappa shape index (κ3) is 8.25. The average molecular weight is 559 g/mol. The van der Waals surface area contributed by atoms with Crippen molar-refractivity contribution in [2.75, 3.05) is 13.2 Å². The summed E-state index contributed by atoms with van der Waals surface area (Å²) in [5.41, 5.74) is 1.13. The average Bonchev–Trinajstić information content (AvgIpc) is 2.81. The number of thioether (sulfide) groups is 2. The lowest BCUT2D eigenvalue weighted by Gasteiger charge is -2.21. The third-order valence-corrected chi connectivity index (χ3v) is 7.58. The highest BCUT2D eigenvalue weighted by Crippen LogP contribution is 2.37. The first-order valence-corrected chi connectivity index (χ1v) is 13.1. The molecule has 0 radical (unpaired) electrons. The Morgan fingerprint density at radius 1 is 0.914 bits per heavy atom. The van der Waals surface area contributed by atoms with E-state index >= 15 is 0 Å². The molecule has 2 heterocycles. The van der Waals surface area contributed by atoms with E-state index in [0.29, 0.717) is 32.7 Å². The highest BCUT2D eigenvalue weighted by Gasteiger charge is 2.32. The van der Waals surface area contributed by atoms with Crippen molar-refractivity contribution in [1.82, 2.24) is 0 Å². The molecule has 0 aromatic heterocycles. The quantitative estimate of drug-likeness (QED) is 0.475. The molecule has 2 N–H and O–H groups in total. The summed E-state index contributed by atoms with van der Waals surface area (Å²) in [6, 6.07) is 10.1. The smallest absolute Gasteiger partial charge is 0.319 e. The number of benzene rings is 2. The molecule has 2 aromatic rings. The van der Waals surface area contributed by atoms with E-state index < -0.39 is 16.5 Å². The van der Waals surface area contributed by atoms with Crippen molar-refractivity contribution in [3.8, 4) is 0 Å². The Morgan fingerprint density at radius 2 is 1.34 bits per heavy atom. The number of ketones is 2. The van der Waals surface area contributed by atoms with E-state index in [2.05, 4.69) is 0 Å². The van der Waals surface area contributed by atoms with E-state index in [1.807, 2.05) is 0 Å². The van der Waals surface area contributed by atoms with Crippen LogP contribution in [0.25, 0.3) is 0 Å². The monoisotopic (exact) mass is 558 g/mol. The number of Topliss-reactive ketones (excluding diaryl/α,β-unsaturated/α-hetero) is 2. The molecule has 188 valence electrons. The van der Waals surface area contributed by atoms with Crippen LogP contribution < -0.4 is 0 Å². The van der Waals surface area contributed by atoms with Gasteiger partial charge in [0.05, 0.1) is 6.61 Å². The minimum Gasteiger partial charge on any atom is -0.480 e. The fourth-order valence-electron chi connectivity index (χ4n) is 3.10. The van der Waals surface area contributed by atoms with Gasteiger partial charge in [0, 0.05) is 50.4 Å². The summed E-state index contributed by atoms with van der Waals surface area (Å²) in [5, 5.41) is 16.3. The van der Waals surface area contributed by atoms with Crippen molar-refractivity contribution in [1.29, 1.82) is 0 Å². The first kappa shape index (κ1) is 29.2. The molecule has 2 aromatic carbocycles. The summed E-state index contributed by atoms with van der Waals surface area (Å²) < 4.78 is 4.93. The number of fused-ring (bicyclic) bond motifs is 2. The molecule has 2 unspecified atom stereocenters. The molecule has 11 heteroatoms. The predicted molar refractivity (Wildman–Crippen MR) is 137 cm³/mol. The summed E-state index contributed by atoms with van der Waals surface area (Å²) in [5.74, 6) is -1.49. The van der Waals surface area contributed by atoms with Gasteiger partial charge in [-0.2, -0.15) is 0 Å². The first-order chi connectivity index (χ1) is 16.6. The minimum atomic E-state index is -0.950. The molecule has 4 rings (SSSR count). The van der Waals surface area contributed by atoms with Crippen LogP contribution in [0.2, 0.25) is 10.0 Å². The lowest BCUT2D eigenvalue weighted by molar-refractivity contribution is -0.142. The van der Waals surface area contributed by atoms with Crippen LogP contribution in [0.1, 0.15) is 47.4 Å². The molecule has 35 heavy (non-hydrogen) atoms. The predicted octanol–water partition coefficient (Wildman–Crippen LogP) is 5.42. The van der Waals surface area contributed by atoms with Crippen molar-refractivity contribution in [3.63, 3.8) is 0 Å². The summed E-state index contributed by atoms with van der Waals surface area (Å²) in [4.78, 5) is 47.4. The number of halogens is 2. The summed E-state index contributed by atoms with van der Waals surface area (Å²) in [6.45, 7) is 4.01. The summed E-state index contributed by atoms with van der Waals surface area (Å²) >= 11 is 14.2. The zero-order valence-corrected chi connectivity index (χ0v) is 22.1. The Morgan fingerprint density at radius 3 is 1.77 bits per heavy atom. The normalized spacial score (nSPS) is 18.1. The van der Waals surface area contributed by atoms with E-state index in [9.17, 15) is 19.2 Å².